The van der Waals surface area contributed by atoms with Crippen molar-refractivity contribution in [3.05, 3.63) is 0 Å². The highest BCUT2D eigenvalue weighted by Gasteiger charge is 2.34. The molecular weight excluding hydrogens is 224 g/mol. The average Bonchev–Trinajstić information content (AvgIpc) is 1.83. The first-order valence-electron chi connectivity index (χ1n) is 3.21. The van der Waals surface area contributed by atoms with Crippen LogP contribution in [0, 0.1) is 0 Å². The van der Waals surface area contributed by atoms with Gasteiger partial charge in [0.2, 0.25) is 0 Å². The maximum atomic E-state index is 11.1. The van der Waals surface area contributed by atoms with Crippen molar-refractivity contribution in [2.45, 2.75) is 38.5 Å². The lowest BCUT2D eigenvalue weighted by Gasteiger charge is -2.05. The second-order valence-corrected chi connectivity index (χ2v) is 2.51. The van der Waals surface area contributed by atoms with E-state index in [1.807, 2.05) is 0 Å². The highest BCUT2D eigenvalue weighted by Crippen LogP contribution is 2.20. The van der Waals surface area contributed by atoms with E-state index in [9.17, 15) is 35.1 Å². The summed E-state index contributed by atoms with van der Waals surface area (Å²) in [5.41, 5.74) is 0. The molecule has 8 heteroatoms. The van der Waals surface area contributed by atoms with E-state index in [0.29, 0.717) is 0 Å². The van der Waals surface area contributed by atoms with Gasteiger partial charge in [0.15, 0.2) is 0 Å². The maximum Gasteiger partial charge on any atom is 0.304 e. The minimum absolute atomic E-state index is 0.178. The molecule has 0 nitrogen and oxygen atoms in total. The van der Waals surface area contributed by atoms with E-state index in [-0.39, 0.29) is 13.8 Å². The van der Waals surface area contributed by atoms with Crippen molar-refractivity contribution in [3.8, 4) is 0 Å². The topological polar surface area (TPSA) is 0 Å². The summed E-state index contributed by atoms with van der Waals surface area (Å²) in [6, 6.07) is 0. The molecule has 0 fully saturated rings. The summed E-state index contributed by atoms with van der Waals surface area (Å²) in [7, 11) is 0. The van der Waals surface area contributed by atoms with Gasteiger partial charge in [-0.15, -0.1) is 0 Å². The number of hydrogen-bond donors (Lipinski definition) is 0. The molecular formula is C6H8F8. The number of alkyl halides is 8. The Morgan fingerprint density at radius 2 is 0.714 bits per heavy atom. The fraction of sp³-hybridized carbons (Fsp3) is 1.00. The van der Waals surface area contributed by atoms with Crippen LogP contribution in [0.25, 0.3) is 0 Å². The van der Waals surface area contributed by atoms with Crippen LogP contribution < -0.4 is 0 Å². The van der Waals surface area contributed by atoms with E-state index in [0.717, 1.165) is 0 Å². The van der Waals surface area contributed by atoms with Gasteiger partial charge in [-0.05, 0) is 0 Å². The summed E-state index contributed by atoms with van der Waals surface area (Å²) in [5, 5.41) is 0. The summed E-state index contributed by atoms with van der Waals surface area (Å²) < 4.78 is 87.5. The van der Waals surface area contributed by atoms with E-state index >= 15 is 0 Å². The molecule has 0 atom stereocenters. The van der Waals surface area contributed by atoms with Crippen molar-refractivity contribution < 1.29 is 35.1 Å². The van der Waals surface area contributed by atoms with Crippen LogP contribution in [0.1, 0.15) is 13.8 Å². The van der Waals surface area contributed by atoms with Crippen molar-refractivity contribution in [1.82, 2.24) is 0 Å². The molecule has 14 heavy (non-hydrogen) atoms. The van der Waals surface area contributed by atoms with Crippen molar-refractivity contribution in [1.29, 1.82) is 0 Å². The van der Waals surface area contributed by atoms with Crippen LogP contribution >= 0.6 is 0 Å². The molecule has 0 aliphatic rings. The Labute approximate surface area is 74.9 Å². The Bertz CT molecular complexity index is 123. The fourth-order valence-corrected chi connectivity index (χ4v) is 0. The minimum atomic E-state index is -3.83. The standard InChI is InChI=1S/2C3H4F4/c2*1-3(6,7)2(4)5/h2*2H,1H3. The molecule has 0 N–H and O–H groups in total. The van der Waals surface area contributed by atoms with Gasteiger partial charge in [0.1, 0.15) is 0 Å². The van der Waals surface area contributed by atoms with Crippen LogP contribution in [-0.4, -0.2) is 24.7 Å². The maximum absolute atomic E-state index is 11.1. The van der Waals surface area contributed by atoms with Crippen molar-refractivity contribution in [2.24, 2.45) is 0 Å². The SMILES string of the molecule is CC(F)(F)C(F)F.CC(F)(F)C(F)F. The van der Waals surface area contributed by atoms with Gasteiger partial charge in [0, 0.05) is 13.8 Å². The summed E-state index contributed by atoms with van der Waals surface area (Å²) in [5.74, 6) is -7.67. The lowest BCUT2D eigenvalue weighted by atomic mass is 10.4. The second kappa shape index (κ2) is 5.35. The minimum Gasteiger partial charge on any atom is -0.204 e. The predicted molar refractivity (Wildman–Crippen MR) is 33.2 cm³/mol. The van der Waals surface area contributed by atoms with Gasteiger partial charge in [0.25, 0.3) is 0 Å². The van der Waals surface area contributed by atoms with Crippen LogP contribution in [-0.2, 0) is 0 Å². The van der Waals surface area contributed by atoms with E-state index in [1.165, 1.54) is 0 Å². The summed E-state index contributed by atoms with van der Waals surface area (Å²) in [4.78, 5) is 0. The zero-order chi connectivity index (χ0) is 12.2. The van der Waals surface area contributed by atoms with Crippen LogP contribution in [0.3, 0.4) is 0 Å². The monoisotopic (exact) mass is 232 g/mol. The van der Waals surface area contributed by atoms with Gasteiger partial charge in [0.05, 0.1) is 0 Å². The van der Waals surface area contributed by atoms with E-state index in [4.69, 9.17) is 0 Å². The summed E-state index contributed by atoms with van der Waals surface area (Å²) >= 11 is 0. The van der Waals surface area contributed by atoms with Crippen molar-refractivity contribution in [3.63, 3.8) is 0 Å². The Balaban J connectivity index is 0. The molecule has 0 heterocycles. The fourth-order valence-electron chi connectivity index (χ4n) is 0. The zero-order valence-corrected chi connectivity index (χ0v) is 7.18. The normalized spacial score (nSPS) is 12.9. The predicted octanol–water partition coefficient (Wildman–Crippen LogP) is 3.81. The third-order valence-electron chi connectivity index (χ3n) is 0.766. The molecule has 0 aliphatic heterocycles. The number of halogens is 8. The van der Waals surface area contributed by atoms with Crippen molar-refractivity contribution in [2.75, 3.05) is 0 Å². The Kier molecular flexibility index (Phi) is 6.08. The largest absolute Gasteiger partial charge is 0.304 e. The van der Waals surface area contributed by atoms with Crippen LogP contribution in [0.15, 0.2) is 0 Å². The molecule has 88 valence electrons. The van der Waals surface area contributed by atoms with Crippen molar-refractivity contribution >= 4 is 0 Å². The van der Waals surface area contributed by atoms with Gasteiger partial charge < -0.3 is 0 Å². The molecule has 0 spiro atoms. The molecule has 0 saturated heterocycles. The lowest BCUT2D eigenvalue weighted by molar-refractivity contribution is -0.113. The highest BCUT2D eigenvalue weighted by atomic mass is 19.3. The van der Waals surface area contributed by atoms with Crippen LogP contribution in [0.2, 0.25) is 0 Å². The molecule has 0 bridgehead atoms. The smallest absolute Gasteiger partial charge is 0.204 e. The molecule has 0 aromatic rings. The molecule has 0 aromatic carbocycles. The Morgan fingerprint density at radius 1 is 0.643 bits per heavy atom. The van der Waals surface area contributed by atoms with Gasteiger partial charge in [-0.2, -0.15) is 0 Å². The van der Waals surface area contributed by atoms with E-state index < -0.39 is 24.7 Å². The zero-order valence-electron chi connectivity index (χ0n) is 7.18. The first-order chi connectivity index (χ1) is 5.89. The third kappa shape index (κ3) is 9.53. The van der Waals surface area contributed by atoms with E-state index in [1.54, 1.807) is 0 Å². The van der Waals surface area contributed by atoms with Gasteiger partial charge in [-0.3, -0.25) is 0 Å². The third-order valence-corrected chi connectivity index (χ3v) is 0.766. The van der Waals surface area contributed by atoms with Crippen LogP contribution in [0.4, 0.5) is 35.1 Å². The van der Waals surface area contributed by atoms with E-state index in [2.05, 4.69) is 0 Å². The summed E-state index contributed by atoms with van der Waals surface area (Å²) in [6.45, 7) is 0.356. The average molecular weight is 232 g/mol. The molecule has 0 unspecified atom stereocenters. The molecule has 0 aliphatic carbocycles. The molecule has 0 saturated carbocycles. The molecule has 0 radical (unpaired) electrons. The molecule has 0 aromatic heterocycles. The first kappa shape index (κ1) is 15.9. The second-order valence-electron chi connectivity index (χ2n) is 2.51. The Hall–Kier alpha value is -0.560. The summed E-state index contributed by atoms with van der Waals surface area (Å²) in [6.07, 6.45) is -7.07. The van der Waals surface area contributed by atoms with Gasteiger partial charge in [-0.1, -0.05) is 0 Å². The van der Waals surface area contributed by atoms with Crippen LogP contribution in [0.5, 0.6) is 0 Å². The highest BCUT2D eigenvalue weighted by molar-refractivity contribution is 4.58. The lowest BCUT2D eigenvalue weighted by Crippen LogP contribution is -2.20. The first-order valence-corrected chi connectivity index (χ1v) is 3.21. The molecule has 0 rings (SSSR count). The number of rotatable bonds is 2. The van der Waals surface area contributed by atoms with Gasteiger partial charge in [-0.25, -0.2) is 35.1 Å². The van der Waals surface area contributed by atoms with Gasteiger partial charge >= 0.3 is 24.7 Å². The molecule has 0 amide bonds. The quantitative estimate of drug-likeness (QED) is 0.635. The number of hydrogen-bond acceptors (Lipinski definition) is 0. The Morgan fingerprint density at radius 3 is 0.714 bits per heavy atom.